The van der Waals surface area contributed by atoms with E-state index >= 15 is 0 Å². The minimum atomic E-state index is -3.82. The predicted octanol–water partition coefficient (Wildman–Crippen LogP) is 1.87. The van der Waals surface area contributed by atoms with Crippen molar-refractivity contribution in [1.82, 2.24) is 4.72 Å². The second-order valence-corrected chi connectivity index (χ2v) is 5.89. The molecule has 0 fully saturated rings. The van der Waals surface area contributed by atoms with Crippen molar-refractivity contribution in [2.45, 2.75) is 19.1 Å². The fourth-order valence-electron chi connectivity index (χ4n) is 1.62. The quantitative estimate of drug-likeness (QED) is 0.739. The number of methoxy groups -OCH3 is 1. The van der Waals surface area contributed by atoms with E-state index in [4.69, 9.17) is 25.3 Å². The van der Waals surface area contributed by atoms with Crippen molar-refractivity contribution in [3.05, 3.63) is 34.9 Å². The largest absolute Gasteiger partial charge is 0.359 e. The fourth-order valence-corrected chi connectivity index (χ4v) is 2.46. The molecule has 2 atom stereocenters. The zero-order valence-corrected chi connectivity index (χ0v) is 13.1. The Labute approximate surface area is 124 Å². The molecule has 114 valence electrons. The van der Waals surface area contributed by atoms with Crippen LogP contribution in [0.5, 0.6) is 0 Å². The molecule has 0 spiro atoms. The lowest BCUT2D eigenvalue weighted by Crippen LogP contribution is -2.31. The third-order valence-electron chi connectivity index (χ3n) is 2.53. The van der Waals surface area contributed by atoms with Gasteiger partial charge in [-0.1, -0.05) is 29.8 Å². The van der Waals surface area contributed by atoms with E-state index in [0.29, 0.717) is 10.6 Å². The molecule has 0 aliphatic rings. The van der Waals surface area contributed by atoms with Crippen molar-refractivity contribution in [1.29, 1.82) is 0 Å². The van der Waals surface area contributed by atoms with Crippen molar-refractivity contribution < 1.29 is 22.1 Å². The van der Waals surface area contributed by atoms with Crippen LogP contribution in [0.15, 0.2) is 24.3 Å². The maximum Gasteiger partial charge on any atom is 0.335 e. The first kappa shape index (κ1) is 17.4. The maximum atomic E-state index is 11.5. The smallest absolute Gasteiger partial charge is 0.335 e. The predicted molar refractivity (Wildman–Crippen MR) is 75.7 cm³/mol. The van der Waals surface area contributed by atoms with Gasteiger partial charge in [0.15, 0.2) is 0 Å². The Morgan fingerprint density at radius 3 is 2.55 bits per heavy atom. The van der Waals surface area contributed by atoms with E-state index in [9.17, 15) is 8.42 Å². The zero-order chi connectivity index (χ0) is 15.2. The number of benzene rings is 1. The van der Waals surface area contributed by atoms with E-state index in [1.807, 2.05) is 0 Å². The van der Waals surface area contributed by atoms with Crippen LogP contribution in [-0.4, -0.2) is 35.5 Å². The molecule has 20 heavy (non-hydrogen) atoms. The van der Waals surface area contributed by atoms with Crippen LogP contribution in [0, 0.1) is 0 Å². The summed E-state index contributed by atoms with van der Waals surface area (Å²) in [7, 11) is -1.09. The number of nitrogens with one attached hydrogen (secondary N) is 1. The normalized spacial score (nSPS) is 15.0. The standard InChI is InChI=1S/C12H18ClNO5S/c1-9(19-20(15,16)14-2)12(18-8-17-3)10-6-4-5-7-11(10)13/h4-7,9,12,14H,8H2,1-3H3/t9-,12+/m0/s1. The van der Waals surface area contributed by atoms with Gasteiger partial charge in [-0.05, 0) is 13.0 Å². The van der Waals surface area contributed by atoms with Crippen LogP contribution in [0.2, 0.25) is 5.02 Å². The second kappa shape index (κ2) is 7.92. The van der Waals surface area contributed by atoms with Crippen LogP contribution in [0.4, 0.5) is 0 Å². The Kier molecular flexibility index (Phi) is 6.87. The molecule has 0 heterocycles. The molecule has 1 aromatic rings. The zero-order valence-electron chi connectivity index (χ0n) is 11.5. The summed E-state index contributed by atoms with van der Waals surface area (Å²) in [6, 6.07) is 6.99. The first-order valence-corrected chi connectivity index (χ1v) is 7.66. The summed E-state index contributed by atoms with van der Waals surface area (Å²) in [5.74, 6) is 0. The van der Waals surface area contributed by atoms with E-state index in [1.54, 1.807) is 31.2 Å². The highest BCUT2D eigenvalue weighted by molar-refractivity contribution is 7.84. The topological polar surface area (TPSA) is 73.9 Å². The Morgan fingerprint density at radius 2 is 2.00 bits per heavy atom. The molecular formula is C12H18ClNO5S. The average molecular weight is 324 g/mol. The Hall–Kier alpha value is -0.700. The summed E-state index contributed by atoms with van der Waals surface area (Å²) < 4.78 is 40.3. The molecule has 0 amide bonds. The maximum absolute atomic E-state index is 11.5. The molecular weight excluding hydrogens is 306 g/mol. The fraction of sp³-hybridized carbons (Fsp3) is 0.500. The minimum absolute atomic E-state index is 0.0107. The first-order chi connectivity index (χ1) is 9.41. The van der Waals surface area contributed by atoms with Gasteiger partial charge in [0.1, 0.15) is 19.0 Å². The SMILES string of the molecule is CNS(=O)(=O)O[C@@H](C)[C@@H](OCOC)c1ccccc1Cl. The van der Waals surface area contributed by atoms with Gasteiger partial charge in [0.25, 0.3) is 0 Å². The molecule has 0 aromatic heterocycles. The van der Waals surface area contributed by atoms with Gasteiger partial charge >= 0.3 is 10.3 Å². The van der Waals surface area contributed by atoms with Crippen LogP contribution >= 0.6 is 11.6 Å². The Bertz CT molecular complexity index is 522. The van der Waals surface area contributed by atoms with E-state index in [1.165, 1.54) is 14.2 Å². The molecule has 0 bridgehead atoms. The van der Waals surface area contributed by atoms with Crippen LogP contribution in [0.25, 0.3) is 0 Å². The molecule has 0 aliphatic carbocycles. The van der Waals surface area contributed by atoms with Crippen molar-refractivity contribution in [2.75, 3.05) is 21.0 Å². The molecule has 0 radical (unpaired) electrons. The highest BCUT2D eigenvalue weighted by Gasteiger charge is 2.27. The Balaban J connectivity index is 2.97. The highest BCUT2D eigenvalue weighted by Crippen LogP contribution is 2.30. The number of hydrogen-bond donors (Lipinski definition) is 1. The van der Waals surface area contributed by atoms with Gasteiger partial charge in [-0.15, -0.1) is 0 Å². The van der Waals surface area contributed by atoms with Gasteiger partial charge < -0.3 is 9.47 Å². The summed E-state index contributed by atoms with van der Waals surface area (Å²) in [5, 5.41) is 0.464. The van der Waals surface area contributed by atoms with Crippen molar-refractivity contribution in [2.24, 2.45) is 0 Å². The van der Waals surface area contributed by atoms with E-state index in [2.05, 4.69) is 4.72 Å². The van der Waals surface area contributed by atoms with Crippen molar-refractivity contribution >= 4 is 21.9 Å². The summed E-state index contributed by atoms with van der Waals surface area (Å²) in [5.41, 5.74) is 0.630. The highest BCUT2D eigenvalue weighted by atomic mass is 35.5. The van der Waals surface area contributed by atoms with Gasteiger partial charge in [0.2, 0.25) is 0 Å². The van der Waals surface area contributed by atoms with Crippen LogP contribution in [0.1, 0.15) is 18.6 Å². The van der Waals surface area contributed by atoms with Gasteiger partial charge in [0, 0.05) is 24.7 Å². The third kappa shape index (κ3) is 5.01. The van der Waals surface area contributed by atoms with Gasteiger partial charge in [-0.2, -0.15) is 13.1 Å². The monoisotopic (exact) mass is 323 g/mol. The number of halogens is 1. The summed E-state index contributed by atoms with van der Waals surface area (Å²) in [6.07, 6.45) is -1.45. The lowest BCUT2D eigenvalue weighted by Gasteiger charge is -2.24. The van der Waals surface area contributed by atoms with E-state index in [0.717, 1.165) is 0 Å². The summed E-state index contributed by atoms with van der Waals surface area (Å²) in [4.78, 5) is 0. The summed E-state index contributed by atoms with van der Waals surface area (Å²) >= 11 is 6.11. The molecule has 0 aliphatic heterocycles. The molecule has 6 nitrogen and oxygen atoms in total. The van der Waals surface area contributed by atoms with Crippen molar-refractivity contribution in [3.63, 3.8) is 0 Å². The molecule has 1 rings (SSSR count). The van der Waals surface area contributed by atoms with Crippen LogP contribution in [-0.2, 0) is 24.0 Å². The molecule has 0 saturated carbocycles. The minimum Gasteiger partial charge on any atom is -0.359 e. The number of hydrogen-bond acceptors (Lipinski definition) is 5. The average Bonchev–Trinajstić information content (AvgIpc) is 2.40. The number of ether oxygens (including phenoxy) is 2. The third-order valence-corrected chi connectivity index (χ3v) is 3.93. The van der Waals surface area contributed by atoms with Crippen LogP contribution in [0.3, 0.4) is 0 Å². The molecule has 0 unspecified atom stereocenters. The molecule has 8 heteroatoms. The van der Waals surface area contributed by atoms with Gasteiger partial charge in [-0.3, -0.25) is 4.18 Å². The summed E-state index contributed by atoms with van der Waals surface area (Å²) in [6.45, 7) is 1.57. The van der Waals surface area contributed by atoms with Crippen LogP contribution < -0.4 is 4.72 Å². The lowest BCUT2D eigenvalue weighted by atomic mass is 10.1. The van der Waals surface area contributed by atoms with E-state index in [-0.39, 0.29) is 6.79 Å². The second-order valence-electron chi connectivity index (χ2n) is 3.97. The first-order valence-electron chi connectivity index (χ1n) is 5.88. The Morgan fingerprint density at radius 1 is 1.35 bits per heavy atom. The number of rotatable bonds is 8. The molecule has 0 saturated heterocycles. The molecule has 1 aromatic carbocycles. The van der Waals surface area contributed by atoms with Gasteiger partial charge in [-0.25, -0.2) is 0 Å². The molecule has 1 N–H and O–H groups in total. The van der Waals surface area contributed by atoms with Crippen molar-refractivity contribution in [3.8, 4) is 0 Å². The lowest BCUT2D eigenvalue weighted by molar-refractivity contribution is -0.104. The van der Waals surface area contributed by atoms with E-state index < -0.39 is 22.5 Å². The van der Waals surface area contributed by atoms with Gasteiger partial charge in [0.05, 0.1) is 0 Å².